The predicted octanol–water partition coefficient (Wildman–Crippen LogP) is 1.44. The second kappa shape index (κ2) is 3.77. The van der Waals surface area contributed by atoms with Crippen molar-refractivity contribution in [1.82, 2.24) is 9.97 Å². The zero-order chi connectivity index (χ0) is 8.97. The molecule has 0 aliphatic heterocycles. The first kappa shape index (κ1) is 8.60. The average molecular weight is 165 g/mol. The van der Waals surface area contributed by atoms with Crippen molar-refractivity contribution in [3.05, 3.63) is 23.5 Å². The number of aryl methyl sites for hydroxylation is 1. The van der Waals surface area contributed by atoms with Crippen molar-refractivity contribution < 1.29 is 4.39 Å². The van der Waals surface area contributed by atoms with Crippen molar-refractivity contribution in [2.75, 3.05) is 0 Å². The van der Waals surface area contributed by atoms with Crippen LogP contribution < -0.4 is 0 Å². The zero-order valence-corrected chi connectivity index (χ0v) is 6.71. The smallest absolute Gasteiger partial charge is 0.181 e. The number of halogens is 1. The molecule has 1 aromatic heterocycles. The van der Waals surface area contributed by atoms with E-state index in [1.807, 2.05) is 6.92 Å². The van der Waals surface area contributed by atoms with Crippen LogP contribution in [0.3, 0.4) is 0 Å². The van der Waals surface area contributed by atoms with Gasteiger partial charge in [-0.05, 0) is 6.42 Å². The van der Waals surface area contributed by atoms with Crippen LogP contribution in [0.4, 0.5) is 4.39 Å². The molecule has 0 saturated heterocycles. The molecule has 62 valence electrons. The van der Waals surface area contributed by atoms with Gasteiger partial charge in [0, 0.05) is 0 Å². The van der Waals surface area contributed by atoms with Crippen LogP contribution in [-0.4, -0.2) is 9.97 Å². The highest BCUT2D eigenvalue weighted by Crippen LogP contribution is 2.07. The molecule has 1 aromatic rings. The minimum absolute atomic E-state index is 0.173. The minimum atomic E-state index is -0.582. The Bertz CT molecular complexity index is 317. The number of rotatable bonds is 2. The lowest BCUT2D eigenvalue weighted by Crippen LogP contribution is -1.99. The topological polar surface area (TPSA) is 49.6 Å². The van der Waals surface area contributed by atoms with Crippen molar-refractivity contribution in [3.63, 3.8) is 0 Å². The molecule has 0 aliphatic rings. The van der Waals surface area contributed by atoms with Crippen LogP contribution in [0.2, 0.25) is 0 Å². The molecule has 3 nitrogen and oxygen atoms in total. The molecule has 0 radical (unpaired) electrons. The molecule has 0 aromatic carbocycles. The summed E-state index contributed by atoms with van der Waals surface area (Å²) in [5, 5.41) is 8.43. The number of hydrogen-bond acceptors (Lipinski definition) is 3. The lowest BCUT2D eigenvalue weighted by molar-refractivity contribution is 0.582. The molecule has 1 rings (SSSR count). The fourth-order valence-electron chi connectivity index (χ4n) is 0.895. The molecule has 0 saturated carbocycles. The van der Waals surface area contributed by atoms with Gasteiger partial charge in [-0.15, -0.1) is 0 Å². The van der Waals surface area contributed by atoms with Gasteiger partial charge in [-0.25, -0.2) is 14.4 Å². The predicted molar refractivity (Wildman–Crippen MR) is 40.7 cm³/mol. The van der Waals surface area contributed by atoms with E-state index in [2.05, 4.69) is 9.97 Å². The summed E-state index contributed by atoms with van der Waals surface area (Å²) in [4.78, 5) is 7.23. The molecule has 1 heterocycles. The highest BCUT2D eigenvalue weighted by Gasteiger charge is 2.08. The summed E-state index contributed by atoms with van der Waals surface area (Å²) < 4.78 is 13.1. The van der Waals surface area contributed by atoms with Gasteiger partial charge in [0.1, 0.15) is 12.4 Å². The van der Waals surface area contributed by atoms with Gasteiger partial charge in [0.25, 0.3) is 0 Å². The Morgan fingerprint density at radius 1 is 1.58 bits per heavy atom. The van der Waals surface area contributed by atoms with Crippen molar-refractivity contribution in [1.29, 1.82) is 5.26 Å². The largest absolute Gasteiger partial charge is 0.238 e. The third kappa shape index (κ3) is 1.56. The molecule has 12 heavy (non-hydrogen) atoms. The summed E-state index contributed by atoms with van der Waals surface area (Å²) in [5.74, 6) is -0.582. The van der Waals surface area contributed by atoms with Crippen molar-refractivity contribution in [2.45, 2.75) is 19.8 Å². The first-order chi connectivity index (χ1) is 5.79. The summed E-state index contributed by atoms with van der Waals surface area (Å²) in [6, 6.07) is 1.67. The molecular formula is C8H8FN3. The van der Waals surface area contributed by atoms with E-state index in [1.165, 1.54) is 6.33 Å². The van der Waals surface area contributed by atoms with Crippen LogP contribution >= 0.6 is 0 Å². The molecule has 0 atom stereocenters. The van der Waals surface area contributed by atoms with Crippen LogP contribution in [0.5, 0.6) is 0 Å². The molecule has 0 amide bonds. The highest BCUT2D eigenvalue weighted by molar-refractivity contribution is 5.23. The minimum Gasteiger partial charge on any atom is -0.238 e. The summed E-state index contributed by atoms with van der Waals surface area (Å²) in [6.45, 7) is 1.92. The molecular weight excluding hydrogens is 157 g/mol. The Kier molecular flexibility index (Phi) is 2.70. The Labute approximate surface area is 69.9 Å². The molecule has 4 heteroatoms. The van der Waals surface area contributed by atoms with Gasteiger partial charge in [-0.1, -0.05) is 13.3 Å². The third-order valence-corrected chi connectivity index (χ3v) is 1.45. The van der Waals surface area contributed by atoms with E-state index in [1.54, 1.807) is 6.07 Å². The maximum atomic E-state index is 13.1. The van der Waals surface area contributed by atoms with E-state index in [-0.39, 0.29) is 5.69 Å². The van der Waals surface area contributed by atoms with Crippen LogP contribution in [0, 0.1) is 17.1 Å². The lowest BCUT2D eigenvalue weighted by Gasteiger charge is -1.98. The van der Waals surface area contributed by atoms with Gasteiger partial charge in [-0.3, -0.25) is 0 Å². The van der Waals surface area contributed by atoms with E-state index in [9.17, 15) is 4.39 Å². The number of aromatic nitrogens is 2. The monoisotopic (exact) mass is 165 g/mol. The van der Waals surface area contributed by atoms with Crippen LogP contribution in [-0.2, 0) is 6.42 Å². The fourth-order valence-corrected chi connectivity index (χ4v) is 0.895. The average Bonchev–Trinajstić information content (AvgIpc) is 2.09. The van der Waals surface area contributed by atoms with E-state index >= 15 is 0 Å². The Hall–Kier alpha value is -1.50. The summed E-state index contributed by atoms with van der Waals surface area (Å²) >= 11 is 0. The quantitative estimate of drug-likeness (QED) is 0.666. The van der Waals surface area contributed by atoms with E-state index < -0.39 is 5.82 Å². The van der Waals surface area contributed by atoms with Gasteiger partial charge in [0.15, 0.2) is 11.5 Å². The zero-order valence-electron chi connectivity index (χ0n) is 6.71. The van der Waals surface area contributed by atoms with Gasteiger partial charge in [0.2, 0.25) is 0 Å². The number of hydrogen-bond donors (Lipinski definition) is 0. The van der Waals surface area contributed by atoms with Gasteiger partial charge < -0.3 is 0 Å². The molecule has 0 aliphatic carbocycles. The normalized spacial score (nSPS) is 9.42. The fraction of sp³-hybridized carbons (Fsp3) is 0.375. The first-order valence-electron chi connectivity index (χ1n) is 3.69. The van der Waals surface area contributed by atoms with Gasteiger partial charge >= 0.3 is 0 Å². The SMILES string of the molecule is CCCc1ncnc(C#N)c1F. The second-order valence-corrected chi connectivity index (χ2v) is 2.34. The molecule has 0 bridgehead atoms. The molecule has 0 spiro atoms. The Morgan fingerprint density at radius 2 is 2.33 bits per heavy atom. The van der Waals surface area contributed by atoms with Crippen LogP contribution in [0.25, 0.3) is 0 Å². The summed E-state index contributed by atoms with van der Waals surface area (Å²) in [7, 11) is 0. The number of nitriles is 1. The maximum Gasteiger partial charge on any atom is 0.181 e. The van der Waals surface area contributed by atoms with Gasteiger partial charge in [-0.2, -0.15) is 5.26 Å². The van der Waals surface area contributed by atoms with Crippen molar-refractivity contribution in [2.24, 2.45) is 0 Å². The van der Waals surface area contributed by atoms with Crippen LogP contribution in [0.15, 0.2) is 6.33 Å². The first-order valence-corrected chi connectivity index (χ1v) is 3.69. The molecule has 0 fully saturated rings. The Balaban J connectivity index is 3.07. The lowest BCUT2D eigenvalue weighted by atomic mass is 10.2. The summed E-state index contributed by atoms with van der Waals surface area (Å²) in [5.41, 5.74) is 0.150. The second-order valence-electron chi connectivity index (χ2n) is 2.34. The standard InChI is InChI=1S/C8H8FN3/c1-2-3-6-8(9)7(4-10)12-5-11-6/h5H,2-3H2,1H3. The molecule has 0 N–H and O–H groups in total. The van der Waals surface area contributed by atoms with Gasteiger partial charge in [0.05, 0.1) is 5.69 Å². The van der Waals surface area contributed by atoms with E-state index in [0.29, 0.717) is 12.1 Å². The highest BCUT2D eigenvalue weighted by atomic mass is 19.1. The Morgan fingerprint density at radius 3 is 2.92 bits per heavy atom. The van der Waals surface area contributed by atoms with E-state index in [4.69, 9.17) is 5.26 Å². The maximum absolute atomic E-state index is 13.1. The van der Waals surface area contributed by atoms with Crippen LogP contribution in [0.1, 0.15) is 24.7 Å². The van der Waals surface area contributed by atoms with Crippen molar-refractivity contribution >= 4 is 0 Å². The van der Waals surface area contributed by atoms with Crippen molar-refractivity contribution in [3.8, 4) is 6.07 Å². The summed E-state index contributed by atoms with van der Waals surface area (Å²) in [6.07, 6.45) is 2.56. The number of nitrogens with zero attached hydrogens (tertiary/aromatic N) is 3. The van der Waals surface area contributed by atoms with E-state index in [0.717, 1.165) is 6.42 Å². The third-order valence-electron chi connectivity index (χ3n) is 1.45. The molecule has 0 unspecified atom stereocenters.